The molecule has 1 amide bonds. The minimum atomic E-state index is -3.84. The van der Waals surface area contributed by atoms with E-state index in [0.717, 1.165) is 21.6 Å². The topological polar surface area (TPSA) is 93.1 Å². The summed E-state index contributed by atoms with van der Waals surface area (Å²) >= 11 is 13.4. The zero-order valence-electron chi connectivity index (χ0n) is 18.7. The molecule has 0 bridgehead atoms. The smallest absolute Gasteiger partial charge is 0.265 e. The zero-order valence-corrected chi connectivity index (χ0v) is 21.8. The van der Waals surface area contributed by atoms with Gasteiger partial charge in [-0.25, -0.2) is 13.1 Å². The number of sulfonamides is 1. The molecule has 5 aromatic rings. The van der Waals surface area contributed by atoms with Gasteiger partial charge in [0.05, 0.1) is 31.9 Å². The van der Waals surface area contributed by atoms with Crippen molar-refractivity contribution in [2.24, 2.45) is 0 Å². The third-order valence-corrected chi connectivity index (χ3v) is 8.45. The second-order valence-electron chi connectivity index (χ2n) is 7.87. The summed E-state index contributed by atoms with van der Waals surface area (Å²) in [6.45, 7) is 1.89. The van der Waals surface area contributed by atoms with Crippen molar-refractivity contribution in [1.29, 1.82) is 0 Å². The number of fused-ring (bicyclic) bond motifs is 1. The summed E-state index contributed by atoms with van der Waals surface area (Å²) in [6, 6.07) is 21.6. The number of para-hydroxylation sites is 1. The van der Waals surface area contributed by atoms with E-state index >= 15 is 0 Å². The van der Waals surface area contributed by atoms with Gasteiger partial charge in [0.15, 0.2) is 0 Å². The quantitative estimate of drug-likeness (QED) is 0.241. The molecule has 0 saturated carbocycles. The average Bonchev–Trinajstić information content (AvgIpc) is 3.42. The van der Waals surface area contributed by atoms with Crippen LogP contribution in [0.4, 0.5) is 11.4 Å². The molecular weight excluding hydrogens is 539 g/mol. The minimum Gasteiger partial charge on any atom is -0.321 e. The van der Waals surface area contributed by atoms with Crippen molar-refractivity contribution >= 4 is 72.1 Å². The van der Waals surface area contributed by atoms with Crippen molar-refractivity contribution in [2.45, 2.75) is 11.8 Å². The maximum absolute atomic E-state index is 13.0. The van der Waals surface area contributed by atoms with Gasteiger partial charge < -0.3 is 5.32 Å². The van der Waals surface area contributed by atoms with Crippen LogP contribution < -0.4 is 10.0 Å². The molecule has 0 aliphatic carbocycles. The number of anilines is 2. The van der Waals surface area contributed by atoms with Crippen LogP contribution in [0.2, 0.25) is 10.0 Å². The molecule has 0 aliphatic rings. The summed E-state index contributed by atoms with van der Waals surface area (Å²) in [4.78, 5) is 14.3. The largest absolute Gasteiger partial charge is 0.321 e. The van der Waals surface area contributed by atoms with Crippen LogP contribution in [0, 0.1) is 6.92 Å². The summed E-state index contributed by atoms with van der Waals surface area (Å²) in [5.74, 6) is -0.303. The summed E-state index contributed by atoms with van der Waals surface area (Å²) in [7, 11) is -3.84. The molecule has 0 fully saturated rings. The highest BCUT2D eigenvalue weighted by Gasteiger charge is 2.19. The fraction of sp³-hybridized carbons (Fsp3) is 0.0400. The van der Waals surface area contributed by atoms with Crippen LogP contribution in [0.25, 0.3) is 15.9 Å². The van der Waals surface area contributed by atoms with Crippen LogP contribution in [-0.2, 0) is 10.0 Å². The second-order valence-corrected chi connectivity index (χ2v) is 11.4. The standard InChI is InChI=1S/C25H18Cl2N4O3S2/c1-15-20-14-23(35-25(20)31(29-15)18-10-6-16(26)7-11-18)24(32)28-17-8-12-19(13-9-17)36(33,34)30-22-5-3-2-4-21(22)27/h2-14,30H,1H3,(H,28,32). The van der Waals surface area contributed by atoms with E-state index in [9.17, 15) is 13.2 Å². The summed E-state index contributed by atoms with van der Waals surface area (Å²) in [5, 5.41) is 9.21. The lowest BCUT2D eigenvalue weighted by Gasteiger charge is -2.10. The molecule has 2 aromatic heterocycles. The Labute approximate surface area is 221 Å². The number of halogens is 2. The molecule has 0 aliphatic heterocycles. The van der Waals surface area contributed by atoms with Crippen LogP contribution in [-0.4, -0.2) is 24.1 Å². The third-order valence-electron chi connectivity index (χ3n) is 5.38. The Kier molecular flexibility index (Phi) is 6.48. The van der Waals surface area contributed by atoms with Crippen molar-refractivity contribution in [2.75, 3.05) is 10.0 Å². The zero-order chi connectivity index (χ0) is 25.4. The number of hydrogen-bond donors (Lipinski definition) is 2. The van der Waals surface area contributed by atoms with Gasteiger partial charge >= 0.3 is 0 Å². The molecule has 11 heteroatoms. The van der Waals surface area contributed by atoms with E-state index in [1.807, 2.05) is 19.1 Å². The van der Waals surface area contributed by atoms with Gasteiger partial charge in [0.2, 0.25) is 0 Å². The molecule has 5 rings (SSSR count). The van der Waals surface area contributed by atoms with Crippen LogP contribution in [0.3, 0.4) is 0 Å². The third kappa shape index (κ3) is 4.83. The first-order valence-corrected chi connectivity index (χ1v) is 13.7. The van der Waals surface area contributed by atoms with Gasteiger partial charge in [0, 0.05) is 16.1 Å². The van der Waals surface area contributed by atoms with Crippen LogP contribution in [0.5, 0.6) is 0 Å². The van der Waals surface area contributed by atoms with Gasteiger partial charge in [-0.2, -0.15) is 5.10 Å². The lowest BCUT2D eigenvalue weighted by Crippen LogP contribution is -2.14. The first-order chi connectivity index (χ1) is 17.2. The SMILES string of the molecule is Cc1nn(-c2ccc(Cl)cc2)c2sc(C(=O)Nc3ccc(S(=O)(=O)Nc4ccccc4Cl)cc3)cc12. The molecule has 0 saturated heterocycles. The number of aromatic nitrogens is 2. The number of amides is 1. The first kappa shape index (κ1) is 24.3. The number of benzene rings is 3. The molecule has 0 unspecified atom stereocenters. The van der Waals surface area contributed by atoms with E-state index in [4.69, 9.17) is 23.2 Å². The Morgan fingerprint density at radius 3 is 2.36 bits per heavy atom. The summed E-state index contributed by atoms with van der Waals surface area (Å²) < 4.78 is 29.7. The fourth-order valence-electron chi connectivity index (χ4n) is 3.57. The highest BCUT2D eigenvalue weighted by Crippen LogP contribution is 2.31. The predicted molar refractivity (Wildman–Crippen MR) is 145 cm³/mol. The molecule has 182 valence electrons. The fourth-order valence-corrected chi connectivity index (χ4v) is 6.10. The Morgan fingerprint density at radius 1 is 0.972 bits per heavy atom. The normalized spacial score (nSPS) is 11.5. The van der Waals surface area contributed by atoms with E-state index in [2.05, 4.69) is 15.1 Å². The van der Waals surface area contributed by atoms with E-state index < -0.39 is 10.0 Å². The van der Waals surface area contributed by atoms with Gasteiger partial charge in [-0.3, -0.25) is 9.52 Å². The molecular formula is C25H18Cl2N4O3S2. The van der Waals surface area contributed by atoms with Crippen LogP contribution in [0.15, 0.2) is 83.8 Å². The lowest BCUT2D eigenvalue weighted by atomic mass is 10.3. The maximum atomic E-state index is 13.0. The minimum absolute atomic E-state index is 0.0426. The van der Waals surface area contributed by atoms with Crippen molar-refractivity contribution in [1.82, 2.24) is 9.78 Å². The van der Waals surface area contributed by atoms with E-state index in [1.165, 1.54) is 35.6 Å². The predicted octanol–water partition coefficient (Wildman–Crippen LogP) is 6.76. The maximum Gasteiger partial charge on any atom is 0.265 e. The number of aryl methyl sites for hydroxylation is 1. The number of hydrogen-bond acceptors (Lipinski definition) is 5. The molecule has 36 heavy (non-hydrogen) atoms. The summed E-state index contributed by atoms with van der Waals surface area (Å²) in [6.07, 6.45) is 0. The van der Waals surface area contributed by atoms with Gasteiger partial charge in [-0.15, -0.1) is 11.3 Å². The number of nitrogens with zero attached hydrogens (tertiary/aromatic N) is 2. The van der Waals surface area contributed by atoms with Gasteiger partial charge in [-0.1, -0.05) is 35.3 Å². The highest BCUT2D eigenvalue weighted by atomic mass is 35.5. The van der Waals surface area contributed by atoms with E-state index in [-0.39, 0.29) is 16.5 Å². The molecule has 2 N–H and O–H groups in total. The Morgan fingerprint density at radius 2 is 1.67 bits per heavy atom. The molecule has 0 atom stereocenters. The van der Waals surface area contributed by atoms with Crippen molar-refractivity contribution in [3.8, 4) is 5.69 Å². The van der Waals surface area contributed by atoms with Crippen molar-refractivity contribution in [3.05, 3.63) is 99.5 Å². The van der Waals surface area contributed by atoms with Gasteiger partial charge in [0.1, 0.15) is 4.83 Å². The molecule has 2 heterocycles. The summed E-state index contributed by atoms with van der Waals surface area (Å²) in [5.41, 5.74) is 2.39. The highest BCUT2D eigenvalue weighted by molar-refractivity contribution is 7.92. The lowest BCUT2D eigenvalue weighted by molar-refractivity contribution is 0.103. The Hall–Kier alpha value is -3.37. The van der Waals surface area contributed by atoms with Crippen molar-refractivity contribution < 1.29 is 13.2 Å². The van der Waals surface area contributed by atoms with Crippen LogP contribution in [0.1, 0.15) is 15.4 Å². The monoisotopic (exact) mass is 556 g/mol. The number of nitrogens with one attached hydrogen (secondary N) is 2. The number of rotatable bonds is 6. The van der Waals surface area contributed by atoms with Crippen LogP contribution >= 0.6 is 34.5 Å². The van der Waals surface area contributed by atoms with E-state index in [1.54, 1.807) is 47.1 Å². The first-order valence-electron chi connectivity index (χ1n) is 10.7. The van der Waals surface area contributed by atoms with Gasteiger partial charge in [-0.05, 0) is 73.7 Å². The van der Waals surface area contributed by atoms with E-state index in [0.29, 0.717) is 20.6 Å². The molecule has 0 spiro atoms. The van der Waals surface area contributed by atoms with Crippen molar-refractivity contribution in [3.63, 3.8) is 0 Å². The Bertz CT molecular complexity index is 1690. The number of thiophene rings is 1. The second kappa shape index (κ2) is 9.59. The van der Waals surface area contributed by atoms with Gasteiger partial charge in [0.25, 0.3) is 15.9 Å². The molecule has 3 aromatic carbocycles. The number of carbonyl (C=O) groups is 1. The number of carbonyl (C=O) groups excluding carboxylic acids is 1. The molecule has 0 radical (unpaired) electrons. The average molecular weight is 557 g/mol. The molecule has 7 nitrogen and oxygen atoms in total. The Balaban J connectivity index is 1.35.